The second kappa shape index (κ2) is 5.91. The summed E-state index contributed by atoms with van der Waals surface area (Å²) in [6.07, 6.45) is 3.73. The van der Waals surface area contributed by atoms with Crippen molar-refractivity contribution >= 4 is 21.6 Å². The van der Waals surface area contributed by atoms with Gasteiger partial charge in [0.25, 0.3) is 0 Å². The van der Waals surface area contributed by atoms with Crippen LogP contribution in [0.2, 0.25) is 0 Å². The molecule has 0 bridgehead atoms. The van der Waals surface area contributed by atoms with Crippen molar-refractivity contribution in [3.05, 3.63) is 40.9 Å². The van der Waals surface area contributed by atoms with E-state index < -0.39 is 0 Å². The van der Waals surface area contributed by atoms with E-state index in [4.69, 9.17) is 4.74 Å². The predicted molar refractivity (Wildman–Crippen MR) is 75.9 cm³/mol. The monoisotopic (exact) mass is 309 g/mol. The molecule has 1 N–H and O–H groups in total. The molecule has 0 spiro atoms. The lowest BCUT2D eigenvalue weighted by Gasteiger charge is -2.10. The first-order valence-electron chi connectivity index (χ1n) is 5.80. The maximum Gasteiger partial charge on any atom is 0.122 e. The average Bonchev–Trinajstić information content (AvgIpc) is 2.83. The Morgan fingerprint density at radius 2 is 2.22 bits per heavy atom. The molecule has 2 rings (SSSR count). The molecule has 0 saturated heterocycles. The number of halogens is 1. The minimum absolute atomic E-state index is 0.743. The van der Waals surface area contributed by atoms with Crippen molar-refractivity contribution < 1.29 is 4.74 Å². The Balaban J connectivity index is 2.08. The van der Waals surface area contributed by atoms with Gasteiger partial charge in [-0.2, -0.15) is 0 Å². The number of methoxy groups -OCH3 is 1. The molecule has 0 fully saturated rings. The van der Waals surface area contributed by atoms with Gasteiger partial charge in [-0.25, -0.2) is 4.98 Å². The summed E-state index contributed by atoms with van der Waals surface area (Å²) in [5.74, 6) is 0.830. The van der Waals surface area contributed by atoms with E-state index in [9.17, 15) is 0 Å². The standard InChI is InChI=1S/C13H16BrN3O/c1-3-17-9-15-7-12(17)8-16-11-4-10(14)5-13(6-11)18-2/h4-7,9,16H,3,8H2,1-2H3. The van der Waals surface area contributed by atoms with Crippen molar-refractivity contribution in [1.29, 1.82) is 0 Å². The summed E-state index contributed by atoms with van der Waals surface area (Å²) in [6, 6.07) is 5.92. The van der Waals surface area contributed by atoms with Crippen LogP contribution in [0.15, 0.2) is 35.2 Å². The van der Waals surface area contributed by atoms with Crippen LogP contribution in [0, 0.1) is 0 Å². The van der Waals surface area contributed by atoms with Crippen molar-refractivity contribution in [3.8, 4) is 5.75 Å². The summed E-state index contributed by atoms with van der Waals surface area (Å²) in [5, 5.41) is 3.37. The van der Waals surface area contributed by atoms with Gasteiger partial charge in [0, 0.05) is 29.0 Å². The Morgan fingerprint density at radius 1 is 1.39 bits per heavy atom. The van der Waals surface area contributed by atoms with Crippen LogP contribution in [-0.2, 0) is 13.1 Å². The van der Waals surface area contributed by atoms with Gasteiger partial charge in [0.2, 0.25) is 0 Å². The summed E-state index contributed by atoms with van der Waals surface area (Å²) in [5.41, 5.74) is 2.18. The molecule has 4 nitrogen and oxygen atoms in total. The lowest BCUT2D eigenvalue weighted by Crippen LogP contribution is -2.06. The molecule has 18 heavy (non-hydrogen) atoms. The summed E-state index contributed by atoms with van der Waals surface area (Å²) >= 11 is 3.46. The number of nitrogens with one attached hydrogen (secondary N) is 1. The highest BCUT2D eigenvalue weighted by Crippen LogP contribution is 2.24. The lowest BCUT2D eigenvalue weighted by atomic mass is 10.3. The number of hydrogen-bond donors (Lipinski definition) is 1. The highest BCUT2D eigenvalue weighted by atomic mass is 79.9. The van der Waals surface area contributed by atoms with E-state index in [2.05, 4.69) is 37.7 Å². The topological polar surface area (TPSA) is 39.1 Å². The van der Waals surface area contributed by atoms with Crippen molar-refractivity contribution in [2.75, 3.05) is 12.4 Å². The Labute approximate surface area is 115 Å². The fourth-order valence-electron chi connectivity index (χ4n) is 1.76. The molecule has 0 amide bonds. The van der Waals surface area contributed by atoms with Crippen LogP contribution in [0.25, 0.3) is 0 Å². The predicted octanol–water partition coefficient (Wildman–Crippen LogP) is 3.29. The number of ether oxygens (including phenoxy) is 1. The Morgan fingerprint density at radius 3 is 2.94 bits per heavy atom. The normalized spacial score (nSPS) is 10.4. The Kier molecular flexibility index (Phi) is 4.25. The molecule has 0 saturated carbocycles. The molecular formula is C13H16BrN3O. The number of aromatic nitrogens is 2. The van der Waals surface area contributed by atoms with Gasteiger partial charge in [-0.3, -0.25) is 0 Å². The van der Waals surface area contributed by atoms with Gasteiger partial charge in [-0.05, 0) is 19.1 Å². The summed E-state index contributed by atoms with van der Waals surface area (Å²) in [6.45, 7) is 3.78. The number of hydrogen-bond acceptors (Lipinski definition) is 3. The maximum absolute atomic E-state index is 5.23. The molecule has 0 aliphatic heterocycles. The third-order valence-electron chi connectivity index (χ3n) is 2.72. The number of aryl methyl sites for hydroxylation is 1. The molecule has 0 aliphatic carbocycles. The Bertz CT molecular complexity index is 525. The van der Waals surface area contributed by atoms with Gasteiger partial charge in [0.1, 0.15) is 5.75 Å². The molecule has 0 aliphatic rings. The number of nitrogens with zero attached hydrogens (tertiary/aromatic N) is 2. The fourth-order valence-corrected chi connectivity index (χ4v) is 2.23. The van der Waals surface area contributed by atoms with Crippen molar-refractivity contribution in [2.24, 2.45) is 0 Å². The van der Waals surface area contributed by atoms with Crippen LogP contribution in [0.3, 0.4) is 0 Å². The van der Waals surface area contributed by atoms with Crippen LogP contribution in [0.4, 0.5) is 5.69 Å². The van der Waals surface area contributed by atoms with Crippen molar-refractivity contribution in [3.63, 3.8) is 0 Å². The third-order valence-corrected chi connectivity index (χ3v) is 3.18. The molecule has 2 aromatic rings. The van der Waals surface area contributed by atoms with Gasteiger partial charge in [-0.15, -0.1) is 0 Å². The van der Waals surface area contributed by atoms with E-state index in [0.717, 1.165) is 34.7 Å². The zero-order valence-corrected chi connectivity index (χ0v) is 12.1. The van der Waals surface area contributed by atoms with E-state index in [1.807, 2.05) is 30.7 Å². The number of anilines is 1. The van der Waals surface area contributed by atoms with Crippen LogP contribution in [-0.4, -0.2) is 16.7 Å². The first-order valence-corrected chi connectivity index (χ1v) is 6.59. The molecule has 1 heterocycles. The largest absolute Gasteiger partial charge is 0.497 e. The van der Waals surface area contributed by atoms with E-state index >= 15 is 0 Å². The minimum atomic E-state index is 0.743. The summed E-state index contributed by atoms with van der Waals surface area (Å²) < 4.78 is 8.34. The van der Waals surface area contributed by atoms with E-state index in [-0.39, 0.29) is 0 Å². The van der Waals surface area contributed by atoms with Crippen molar-refractivity contribution in [1.82, 2.24) is 9.55 Å². The zero-order valence-electron chi connectivity index (χ0n) is 10.5. The van der Waals surface area contributed by atoms with Gasteiger partial charge in [-0.1, -0.05) is 15.9 Å². The molecule has 1 aromatic carbocycles. The highest BCUT2D eigenvalue weighted by molar-refractivity contribution is 9.10. The Hall–Kier alpha value is -1.49. The first-order chi connectivity index (χ1) is 8.72. The van der Waals surface area contributed by atoms with Gasteiger partial charge >= 0.3 is 0 Å². The quantitative estimate of drug-likeness (QED) is 0.921. The fraction of sp³-hybridized carbons (Fsp3) is 0.308. The maximum atomic E-state index is 5.23. The van der Waals surface area contributed by atoms with Crippen LogP contribution >= 0.6 is 15.9 Å². The molecule has 0 unspecified atom stereocenters. The van der Waals surface area contributed by atoms with E-state index in [0.29, 0.717) is 0 Å². The number of imidazole rings is 1. The molecular weight excluding hydrogens is 294 g/mol. The number of rotatable bonds is 5. The number of benzene rings is 1. The molecule has 1 aromatic heterocycles. The lowest BCUT2D eigenvalue weighted by molar-refractivity contribution is 0.414. The SMILES string of the molecule is CCn1cncc1CNc1cc(Br)cc(OC)c1. The summed E-state index contributed by atoms with van der Waals surface area (Å²) in [4.78, 5) is 4.15. The van der Waals surface area contributed by atoms with Crippen LogP contribution in [0.5, 0.6) is 5.75 Å². The van der Waals surface area contributed by atoms with Crippen LogP contribution in [0.1, 0.15) is 12.6 Å². The molecule has 5 heteroatoms. The summed E-state index contributed by atoms with van der Waals surface area (Å²) in [7, 11) is 1.66. The molecule has 96 valence electrons. The van der Waals surface area contributed by atoms with E-state index in [1.54, 1.807) is 7.11 Å². The van der Waals surface area contributed by atoms with Crippen molar-refractivity contribution in [2.45, 2.75) is 20.0 Å². The zero-order chi connectivity index (χ0) is 13.0. The molecule has 0 atom stereocenters. The van der Waals surface area contributed by atoms with Gasteiger partial charge in [0.15, 0.2) is 0 Å². The smallest absolute Gasteiger partial charge is 0.122 e. The third kappa shape index (κ3) is 3.04. The average molecular weight is 310 g/mol. The van der Waals surface area contributed by atoms with Crippen LogP contribution < -0.4 is 10.1 Å². The first kappa shape index (κ1) is 13.0. The van der Waals surface area contributed by atoms with Gasteiger partial charge in [0.05, 0.1) is 25.7 Å². The second-order valence-corrected chi connectivity index (χ2v) is 4.82. The van der Waals surface area contributed by atoms with Gasteiger partial charge < -0.3 is 14.6 Å². The second-order valence-electron chi connectivity index (χ2n) is 3.90. The highest BCUT2D eigenvalue weighted by Gasteiger charge is 2.02. The molecule has 0 radical (unpaired) electrons. The van der Waals surface area contributed by atoms with E-state index in [1.165, 1.54) is 0 Å². The minimum Gasteiger partial charge on any atom is -0.497 e.